The van der Waals surface area contributed by atoms with Crippen LogP contribution in [0, 0.1) is 0 Å². The molecule has 0 aliphatic carbocycles. The van der Waals surface area contributed by atoms with Crippen LogP contribution in [0.5, 0.6) is 5.75 Å². The number of hydrogen-bond acceptors (Lipinski definition) is 5. The Morgan fingerprint density at radius 1 is 1.47 bits per heavy atom. The Balaban J connectivity index is 2.04. The van der Waals surface area contributed by atoms with Gasteiger partial charge in [-0.15, -0.1) is 5.10 Å². The molecule has 0 saturated carbocycles. The van der Waals surface area contributed by atoms with E-state index in [4.69, 9.17) is 4.74 Å². The minimum absolute atomic E-state index is 0.00703. The van der Waals surface area contributed by atoms with Gasteiger partial charge in [0.1, 0.15) is 12.4 Å². The number of carbonyl (C=O) groups is 1. The van der Waals surface area contributed by atoms with Crippen molar-refractivity contribution in [1.29, 1.82) is 0 Å². The molecule has 0 fully saturated rings. The predicted octanol–water partition coefficient (Wildman–Crippen LogP) is 2.21. The molecule has 0 spiro atoms. The second-order valence-electron chi connectivity index (χ2n) is 4.02. The zero-order chi connectivity index (χ0) is 13.7. The monoisotopic (exact) mass is 277 g/mol. The molecule has 0 bridgehead atoms. The van der Waals surface area contributed by atoms with Gasteiger partial charge in [-0.3, -0.25) is 4.79 Å². The van der Waals surface area contributed by atoms with Crippen LogP contribution < -0.4 is 4.74 Å². The first-order valence-corrected chi connectivity index (χ1v) is 6.72. The molecule has 6 heteroatoms. The van der Waals surface area contributed by atoms with Crippen LogP contribution in [-0.2, 0) is 6.61 Å². The van der Waals surface area contributed by atoms with E-state index in [2.05, 4.69) is 9.59 Å². The first-order valence-electron chi connectivity index (χ1n) is 5.95. The molecule has 1 aromatic heterocycles. The molecular weight excluding hydrogens is 262 g/mol. The van der Waals surface area contributed by atoms with Crippen LogP contribution in [0.3, 0.4) is 0 Å². The van der Waals surface area contributed by atoms with E-state index >= 15 is 0 Å². The second-order valence-corrected chi connectivity index (χ2v) is 4.89. The number of rotatable bonds is 5. The maximum absolute atomic E-state index is 12.0. The smallest absolute Gasteiger partial charge is 0.253 e. The van der Waals surface area contributed by atoms with E-state index < -0.39 is 0 Å². The molecule has 0 saturated heterocycles. The summed E-state index contributed by atoms with van der Waals surface area (Å²) in [5.74, 6) is 0.663. The van der Waals surface area contributed by atoms with Crippen molar-refractivity contribution in [2.24, 2.45) is 0 Å². The van der Waals surface area contributed by atoms with Crippen LogP contribution in [0.15, 0.2) is 30.5 Å². The van der Waals surface area contributed by atoms with Crippen LogP contribution in [0.1, 0.15) is 22.2 Å². The maximum Gasteiger partial charge on any atom is 0.253 e. The summed E-state index contributed by atoms with van der Waals surface area (Å²) in [6.07, 6.45) is 1.67. The van der Waals surface area contributed by atoms with Crippen molar-refractivity contribution >= 4 is 17.4 Å². The highest BCUT2D eigenvalue weighted by Crippen LogP contribution is 2.16. The molecule has 0 aliphatic heterocycles. The van der Waals surface area contributed by atoms with E-state index in [9.17, 15) is 4.79 Å². The van der Waals surface area contributed by atoms with Crippen molar-refractivity contribution in [3.63, 3.8) is 0 Å². The van der Waals surface area contributed by atoms with Gasteiger partial charge >= 0.3 is 0 Å². The van der Waals surface area contributed by atoms with Gasteiger partial charge in [0.2, 0.25) is 0 Å². The van der Waals surface area contributed by atoms with E-state index in [0.717, 1.165) is 4.88 Å². The van der Waals surface area contributed by atoms with E-state index in [0.29, 0.717) is 24.5 Å². The largest absolute Gasteiger partial charge is 0.488 e. The Bertz CT molecular complexity index is 543. The van der Waals surface area contributed by atoms with Gasteiger partial charge in [0.05, 0.1) is 11.1 Å². The Kier molecular flexibility index (Phi) is 4.46. The Labute approximate surface area is 116 Å². The fraction of sp³-hybridized carbons (Fsp3) is 0.308. The Morgan fingerprint density at radius 3 is 3.00 bits per heavy atom. The normalized spacial score (nSPS) is 10.2. The molecule has 0 atom stereocenters. The Morgan fingerprint density at radius 2 is 2.32 bits per heavy atom. The quantitative estimate of drug-likeness (QED) is 0.841. The van der Waals surface area contributed by atoms with Gasteiger partial charge in [0, 0.05) is 19.2 Å². The van der Waals surface area contributed by atoms with E-state index in [1.807, 2.05) is 19.1 Å². The fourth-order valence-electron chi connectivity index (χ4n) is 1.49. The SMILES string of the molecule is CCN(C)C(=O)c1cccc(OCc2cnns2)c1. The lowest BCUT2D eigenvalue weighted by Crippen LogP contribution is -2.26. The van der Waals surface area contributed by atoms with Crippen molar-refractivity contribution in [1.82, 2.24) is 14.5 Å². The van der Waals surface area contributed by atoms with Crippen LogP contribution in [0.4, 0.5) is 0 Å². The van der Waals surface area contributed by atoms with Gasteiger partial charge in [-0.25, -0.2) is 0 Å². The van der Waals surface area contributed by atoms with Crippen LogP contribution >= 0.6 is 11.5 Å². The topological polar surface area (TPSA) is 55.3 Å². The second kappa shape index (κ2) is 6.29. The summed E-state index contributed by atoms with van der Waals surface area (Å²) in [4.78, 5) is 14.6. The molecule has 5 nitrogen and oxygen atoms in total. The third-order valence-electron chi connectivity index (χ3n) is 2.69. The number of hydrogen-bond donors (Lipinski definition) is 0. The third-order valence-corrected chi connectivity index (χ3v) is 3.32. The van der Waals surface area contributed by atoms with Gasteiger partial charge < -0.3 is 9.64 Å². The summed E-state index contributed by atoms with van der Waals surface area (Å²) >= 11 is 1.30. The van der Waals surface area contributed by atoms with E-state index in [1.54, 1.807) is 30.3 Å². The molecular formula is C13H15N3O2S. The van der Waals surface area contributed by atoms with Gasteiger partial charge in [-0.05, 0) is 36.7 Å². The third kappa shape index (κ3) is 3.51. The molecule has 2 aromatic rings. The lowest BCUT2D eigenvalue weighted by Gasteiger charge is -2.15. The average Bonchev–Trinajstić information content (AvgIpc) is 2.97. The maximum atomic E-state index is 12.0. The number of amides is 1. The standard InChI is InChI=1S/C13H15N3O2S/c1-3-16(2)13(17)10-5-4-6-11(7-10)18-9-12-8-14-15-19-12/h4-8H,3,9H2,1-2H3. The highest BCUT2D eigenvalue weighted by molar-refractivity contribution is 7.05. The highest BCUT2D eigenvalue weighted by Gasteiger charge is 2.10. The number of benzene rings is 1. The highest BCUT2D eigenvalue weighted by atomic mass is 32.1. The van der Waals surface area contributed by atoms with Crippen molar-refractivity contribution in [3.8, 4) is 5.75 Å². The van der Waals surface area contributed by atoms with E-state index in [1.165, 1.54) is 11.5 Å². The summed E-state index contributed by atoms with van der Waals surface area (Å²) in [5, 5.41) is 3.74. The lowest BCUT2D eigenvalue weighted by molar-refractivity contribution is 0.0802. The molecule has 0 radical (unpaired) electrons. The fourth-order valence-corrected chi connectivity index (χ4v) is 1.89. The van der Waals surface area contributed by atoms with Gasteiger partial charge in [0.25, 0.3) is 5.91 Å². The molecule has 100 valence electrons. The number of ether oxygens (including phenoxy) is 1. The summed E-state index contributed by atoms with van der Waals surface area (Å²) in [6.45, 7) is 3.03. The van der Waals surface area contributed by atoms with Crippen molar-refractivity contribution in [2.75, 3.05) is 13.6 Å². The lowest BCUT2D eigenvalue weighted by atomic mass is 10.2. The molecule has 1 heterocycles. The van der Waals surface area contributed by atoms with Gasteiger partial charge in [-0.1, -0.05) is 10.6 Å². The van der Waals surface area contributed by atoms with Gasteiger partial charge in [-0.2, -0.15) is 0 Å². The molecule has 0 N–H and O–H groups in total. The molecule has 2 rings (SSSR count). The Hall–Kier alpha value is -1.95. The van der Waals surface area contributed by atoms with Crippen LogP contribution in [0.25, 0.3) is 0 Å². The number of carbonyl (C=O) groups excluding carboxylic acids is 1. The zero-order valence-corrected chi connectivity index (χ0v) is 11.7. The van der Waals surface area contributed by atoms with Crippen LogP contribution in [0.2, 0.25) is 0 Å². The summed E-state index contributed by atoms with van der Waals surface area (Å²) in [6, 6.07) is 7.19. The summed E-state index contributed by atoms with van der Waals surface area (Å²) in [7, 11) is 1.78. The minimum atomic E-state index is -0.00703. The van der Waals surface area contributed by atoms with Crippen molar-refractivity contribution in [2.45, 2.75) is 13.5 Å². The zero-order valence-electron chi connectivity index (χ0n) is 10.9. The average molecular weight is 277 g/mol. The molecule has 1 aromatic carbocycles. The molecule has 0 unspecified atom stereocenters. The predicted molar refractivity (Wildman–Crippen MR) is 73.3 cm³/mol. The number of nitrogens with zero attached hydrogens (tertiary/aromatic N) is 3. The first-order chi connectivity index (χ1) is 9.20. The minimum Gasteiger partial charge on any atom is -0.488 e. The summed E-state index contributed by atoms with van der Waals surface area (Å²) in [5.41, 5.74) is 0.629. The molecule has 1 amide bonds. The van der Waals surface area contributed by atoms with Crippen LogP contribution in [-0.4, -0.2) is 34.0 Å². The number of aromatic nitrogens is 2. The first kappa shape index (κ1) is 13.5. The van der Waals surface area contributed by atoms with Crippen molar-refractivity contribution < 1.29 is 9.53 Å². The molecule has 19 heavy (non-hydrogen) atoms. The van der Waals surface area contributed by atoms with E-state index in [-0.39, 0.29) is 5.91 Å². The summed E-state index contributed by atoms with van der Waals surface area (Å²) < 4.78 is 9.38. The van der Waals surface area contributed by atoms with Crippen molar-refractivity contribution in [3.05, 3.63) is 40.9 Å². The molecule has 0 aliphatic rings. The van der Waals surface area contributed by atoms with Gasteiger partial charge in [0.15, 0.2) is 0 Å².